The molecule has 8 heteroatoms. The van der Waals surface area contributed by atoms with Crippen LogP contribution in [0.15, 0.2) is 24.3 Å². The number of carbonyl (C=O) groups excluding carboxylic acids is 3. The smallest absolute Gasteiger partial charge is 0.328 e. The van der Waals surface area contributed by atoms with Gasteiger partial charge in [0.05, 0.1) is 25.7 Å². The molecule has 0 N–H and O–H groups in total. The van der Waals surface area contributed by atoms with Gasteiger partial charge in [-0.05, 0) is 56.3 Å². The van der Waals surface area contributed by atoms with Crippen LogP contribution in [0.4, 0.5) is 0 Å². The second-order valence-electron chi connectivity index (χ2n) is 11.3. The van der Waals surface area contributed by atoms with Crippen molar-refractivity contribution in [1.29, 1.82) is 0 Å². The lowest BCUT2D eigenvalue weighted by Gasteiger charge is -2.48. The zero-order valence-electron chi connectivity index (χ0n) is 19.5. The Morgan fingerprint density at radius 1 is 1.22 bits per heavy atom. The maximum atomic E-state index is 13.5. The van der Waals surface area contributed by atoms with E-state index in [1.54, 1.807) is 6.08 Å². The van der Waals surface area contributed by atoms with Crippen molar-refractivity contribution in [3.63, 3.8) is 0 Å². The van der Waals surface area contributed by atoms with Gasteiger partial charge in [-0.3, -0.25) is 14.4 Å². The molecule has 5 rings (SSSR count). The minimum Gasteiger partial charge on any atom is -0.469 e. The van der Waals surface area contributed by atoms with E-state index in [0.717, 1.165) is 18.4 Å². The maximum Gasteiger partial charge on any atom is 0.328 e. The van der Waals surface area contributed by atoms with Gasteiger partial charge in [-0.15, -0.1) is 0 Å². The number of hydrogen-bond acceptors (Lipinski definition) is 7. The summed E-state index contributed by atoms with van der Waals surface area (Å²) in [6.07, 6.45) is 6.71. The van der Waals surface area contributed by atoms with Gasteiger partial charge in [0.15, 0.2) is 13.7 Å². The molecule has 7 atom stereocenters. The standard InChI is InChI=1S/C24H32O7Si/c1-14-12-21-13-22(14,31-32(4,5)6)11-8-15(21)24-10-7-9-23(19(26)29-3,20(27)30-24)17(24)16(21)18(25)28-2/h7,9,15-17H,1,8,10-13H2,2-6H3/t15?,16?,17?,21-,22-,23?,24+/m0/s1. The number of carbonyl (C=O) groups is 3. The Morgan fingerprint density at radius 2 is 1.94 bits per heavy atom. The number of esters is 3. The molecule has 4 fully saturated rings. The number of ether oxygens (including phenoxy) is 3. The van der Waals surface area contributed by atoms with Gasteiger partial charge in [0.2, 0.25) is 0 Å². The summed E-state index contributed by atoms with van der Waals surface area (Å²) in [6, 6.07) is 0. The predicted molar refractivity (Wildman–Crippen MR) is 117 cm³/mol. The number of methoxy groups -OCH3 is 2. The highest BCUT2D eigenvalue weighted by Gasteiger charge is 2.85. The molecule has 3 saturated carbocycles. The zero-order chi connectivity index (χ0) is 23.3. The Bertz CT molecular complexity index is 966. The van der Waals surface area contributed by atoms with Crippen molar-refractivity contribution in [1.82, 2.24) is 0 Å². The molecular formula is C24H32O7Si. The molecule has 1 heterocycles. The number of hydrogen-bond donors (Lipinski definition) is 0. The van der Waals surface area contributed by atoms with Crippen LogP contribution in [0.25, 0.3) is 0 Å². The highest BCUT2D eigenvalue weighted by atomic mass is 28.4. The van der Waals surface area contributed by atoms with Gasteiger partial charge in [0.25, 0.3) is 0 Å². The van der Waals surface area contributed by atoms with E-state index >= 15 is 0 Å². The Kier molecular flexibility index (Phi) is 4.34. The normalized spacial score (nSPS) is 45.8. The van der Waals surface area contributed by atoms with Crippen molar-refractivity contribution in [2.24, 2.45) is 28.6 Å². The van der Waals surface area contributed by atoms with Gasteiger partial charge in [0, 0.05) is 18.3 Å². The van der Waals surface area contributed by atoms with E-state index in [1.165, 1.54) is 14.2 Å². The SMILES string of the molecule is C=C1C[C@]23C[C@@]1(O[Si](C)(C)C)CCC2[C@@]12CC=CC(C(=O)OC)(C(=O)O1)C2C3C(=O)OC. The molecule has 0 amide bonds. The molecule has 174 valence electrons. The maximum absolute atomic E-state index is 13.5. The topological polar surface area (TPSA) is 88.1 Å². The Balaban J connectivity index is 1.71. The van der Waals surface area contributed by atoms with Crippen LogP contribution < -0.4 is 0 Å². The van der Waals surface area contributed by atoms with Gasteiger partial charge in [-0.2, -0.15) is 0 Å². The summed E-state index contributed by atoms with van der Waals surface area (Å²) >= 11 is 0. The fourth-order valence-corrected chi connectivity index (χ4v) is 9.71. The lowest BCUT2D eigenvalue weighted by atomic mass is 9.61. The highest BCUT2D eigenvalue weighted by molar-refractivity contribution is 6.69. The molecule has 4 unspecified atom stereocenters. The molecule has 4 bridgehead atoms. The number of fused-ring (bicyclic) bond motifs is 1. The predicted octanol–water partition coefficient (Wildman–Crippen LogP) is 3.16. The van der Waals surface area contributed by atoms with E-state index in [9.17, 15) is 14.4 Å². The lowest BCUT2D eigenvalue weighted by molar-refractivity contribution is -0.168. The largest absolute Gasteiger partial charge is 0.469 e. The average molecular weight is 461 g/mol. The summed E-state index contributed by atoms with van der Waals surface area (Å²) in [5.41, 5.74) is -2.54. The van der Waals surface area contributed by atoms with Crippen molar-refractivity contribution in [2.75, 3.05) is 14.2 Å². The third-order valence-electron chi connectivity index (χ3n) is 8.81. The molecular weight excluding hydrogens is 428 g/mol. The molecule has 0 aromatic rings. The van der Waals surface area contributed by atoms with E-state index in [4.69, 9.17) is 18.6 Å². The Labute approximate surface area is 189 Å². The first kappa shape index (κ1) is 21.9. The molecule has 1 spiro atoms. The van der Waals surface area contributed by atoms with Crippen molar-refractivity contribution < 1.29 is 33.0 Å². The molecule has 1 aliphatic heterocycles. The summed E-state index contributed by atoms with van der Waals surface area (Å²) in [5, 5.41) is 0. The first-order valence-electron chi connectivity index (χ1n) is 11.4. The molecule has 32 heavy (non-hydrogen) atoms. The van der Waals surface area contributed by atoms with Crippen LogP contribution in [0.2, 0.25) is 19.6 Å². The molecule has 5 aliphatic rings. The number of rotatable bonds is 4. The molecule has 0 aromatic heterocycles. The minimum atomic E-state index is -1.91. The summed E-state index contributed by atoms with van der Waals surface area (Å²) in [7, 11) is 0.722. The van der Waals surface area contributed by atoms with Crippen LogP contribution >= 0.6 is 0 Å². The molecule has 0 radical (unpaired) electrons. The van der Waals surface area contributed by atoms with E-state index < -0.39 is 60.1 Å². The quantitative estimate of drug-likeness (QED) is 0.209. The van der Waals surface area contributed by atoms with Crippen LogP contribution in [-0.2, 0) is 33.0 Å². The summed E-state index contributed by atoms with van der Waals surface area (Å²) < 4.78 is 23.3. The molecule has 1 saturated heterocycles. The van der Waals surface area contributed by atoms with Crippen LogP contribution in [0, 0.1) is 28.6 Å². The average Bonchev–Trinajstić information content (AvgIpc) is 3.13. The lowest BCUT2D eigenvalue weighted by Crippen LogP contribution is -2.50. The third kappa shape index (κ3) is 2.32. The van der Waals surface area contributed by atoms with E-state index in [1.807, 2.05) is 6.08 Å². The monoisotopic (exact) mass is 460 g/mol. The van der Waals surface area contributed by atoms with Crippen molar-refractivity contribution in [2.45, 2.75) is 62.9 Å². The van der Waals surface area contributed by atoms with Gasteiger partial charge in [-0.25, -0.2) is 0 Å². The van der Waals surface area contributed by atoms with Crippen LogP contribution in [0.1, 0.15) is 32.1 Å². The minimum absolute atomic E-state index is 0.0814. The van der Waals surface area contributed by atoms with Crippen molar-refractivity contribution in [3.05, 3.63) is 24.3 Å². The Hall–Kier alpha value is -1.93. The summed E-state index contributed by atoms with van der Waals surface area (Å²) in [4.78, 5) is 39.8. The van der Waals surface area contributed by atoms with Crippen LogP contribution in [0.3, 0.4) is 0 Å². The van der Waals surface area contributed by atoms with Gasteiger partial charge in [-0.1, -0.05) is 18.7 Å². The fourth-order valence-electron chi connectivity index (χ4n) is 8.22. The van der Waals surface area contributed by atoms with E-state index in [2.05, 4.69) is 26.2 Å². The van der Waals surface area contributed by atoms with Gasteiger partial charge in [0.1, 0.15) is 5.60 Å². The van der Waals surface area contributed by atoms with Gasteiger partial charge >= 0.3 is 17.9 Å². The second kappa shape index (κ2) is 6.35. The first-order chi connectivity index (χ1) is 14.9. The first-order valence-corrected chi connectivity index (χ1v) is 14.8. The second-order valence-corrected chi connectivity index (χ2v) is 15.7. The highest BCUT2D eigenvalue weighted by Crippen LogP contribution is 2.78. The molecule has 7 nitrogen and oxygen atoms in total. The van der Waals surface area contributed by atoms with E-state index in [-0.39, 0.29) is 5.92 Å². The van der Waals surface area contributed by atoms with Crippen LogP contribution in [-0.4, -0.2) is 51.6 Å². The van der Waals surface area contributed by atoms with Gasteiger partial charge < -0.3 is 18.6 Å². The third-order valence-corrected chi connectivity index (χ3v) is 9.81. The Morgan fingerprint density at radius 3 is 2.56 bits per heavy atom. The van der Waals surface area contributed by atoms with Crippen molar-refractivity contribution >= 4 is 26.2 Å². The zero-order valence-corrected chi connectivity index (χ0v) is 20.5. The fraction of sp³-hybridized carbons (Fsp3) is 0.708. The van der Waals surface area contributed by atoms with Crippen LogP contribution in [0.5, 0.6) is 0 Å². The molecule has 0 aromatic carbocycles. The summed E-state index contributed by atoms with van der Waals surface area (Å²) in [6.45, 7) is 10.9. The van der Waals surface area contributed by atoms with E-state index in [0.29, 0.717) is 19.3 Å². The molecule has 4 aliphatic carbocycles. The van der Waals surface area contributed by atoms with Crippen molar-refractivity contribution in [3.8, 4) is 0 Å². The summed E-state index contributed by atoms with van der Waals surface area (Å²) in [5.74, 6) is -3.11.